The predicted molar refractivity (Wildman–Crippen MR) is 86.2 cm³/mol. The Bertz CT molecular complexity index is 722. The van der Waals surface area contributed by atoms with Crippen LogP contribution in [0.25, 0.3) is 0 Å². The van der Waals surface area contributed by atoms with Crippen molar-refractivity contribution in [2.75, 3.05) is 6.54 Å². The number of rotatable bonds is 7. The van der Waals surface area contributed by atoms with Crippen LogP contribution in [-0.4, -0.2) is 43.1 Å². The minimum absolute atomic E-state index is 0.0322. The molecule has 0 unspecified atom stereocenters. The number of carbonyl (C=O) groups excluding carboxylic acids is 1. The van der Waals surface area contributed by atoms with Crippen LogP contribution in [0.3, 0.4) is 0 Å². The van der Waals surface area contributed by atoms with E-state index in [1.165, 1.54) is 4.68 Å². The van der Waals surface area contributed by atoms with Gasteiger partial charge in [-0.05, 0) is 35.8 Å². The zero-order valence-corrected chi connectivity index (χ0v) is 14.5. The number of carbonyl (C=O) groups is 2. The Kier molecular flexibility index (Phi) is 5.54. The third-order valence-corrected chi connectivity index (χ3v) is 4.48. The van der Waals surface area contributed by atoms with Gasteiger partial charge in [0.2, 0.25) is 0 Å². The minimum Gasteiger partial charge on any atom is -0.481 e. The highest BCUT2D eigenvalue weighted by Gasteiger charge is 2.11. The van der Waals surface area contributed by atoms with Crippen LogP contribution in [0.4, 0.5) is 0 Å². The van der Waals surface area contributed by atoms with Gasteiger partial charge in [0.15, 0.2) is 0 Å². The Morgan fingerprint density at radius 3 is 2.65 bits per heavy atom. The topological polar surface area (TPSA) is 102 Å². The molecule has 0 aromatic carbocycles. The molecule has 2 aromatic rings. The predicted octanol–water partition coefficient (Wildman–Crippen LogP) is 1.36. The van der Waals surface area contributed by atoms with Crippen LogP contribution in [0.15, 0.2) is 16.7 Å². The van der Waals surface area contributed by atoms with Crippen LogP contribution in [0.2, 0.25) is 0 Å². The summed E-state index contributed by atoms with van der Waals surface area (Å²) in [5.41, 5.74) is 2.19. The van der Waals surface area contributed by atoms with Crippen LogP contribution in [0, 0.1) is 13.8 Å². The van der Waals surface area contributed by atoms with Crippen LogP contribution >= 0.6 is 15.9 Å². The number of hydrogen-bond acceptors (Lipinski definition) is 4. The summed E-state index contributed by atoms with van der Waals surface area (Å²) in [5.74, 6) is -1.19. The highest BCUT2D eigenvalue weighted by atomic mass is 79.9. The summed E-state index contributed by atoms with van der Waals surface area (Å²) in [4.78, 5) is 22.5. The van der Waals surface area contributed by atoms with E-state index in [1.54, 1.807) is 12.3 Å². The maximum Gasteiger partial charge on any atom is 0.305 e. The molecule has 2 N–H and O–H groups in total. The minimum atomic E-state index is -0.900. The SMILES string of the molecule is Cc1nn(CCNC(=O)c2ccn(CCC(=O)O)n2)c(C)c1Br. The molecule has 2 heterocycles. The molecule has 23 heavy (non-hydrogen) atoms. The number of amides is 1. The van der Waals surface area contributed by atoms with E-state index in [0.717, 1.165) is 15.9 Å². The summed E-state index contributed by atoms with van der Waals surface area (Å²) in [6, 6.07) is 1.57. The second kappa shape index (κ2) is 7.40. The molecule has 2 aromatic heterocycles. The van der Waals surface area contributed by atoms with E-state index in [0.29, 0.717) is 13.1 Å². The highest BCUT2D eigenvalue weighted by molar-refractivity contribution is 9.10. The van der Waals surface area contributed by atoms with E-state index in [-0.39, 0.29) is 24.6 Å². The summed E-state index contributed by atoms with van der Waals surface area (Å²) in [7, 11) is 0. The number of halogens is 1. The number of nitrogens with zero attached hydrogens (tertiary/aromatic N) is 4. The summed E-state index contributed by atoms with van der Waals surface area (Å²) in [5, 5.41) is 19.8. The average molecular weight is 384 g/mol. The monoisotopic (exact) mass is 383 g/mol. The number of nitrogens with one attached hydrogen (secondary N) is 1. The van der Waals surface area contributed by atoms with Crippen molar-refractivity contribution in [3.63, 3.8) is 0 Å². The first-order valence-corrected chi connectivity index (χ1v) is 7.90. The van der Waals surface area contributed by atoms with Crippen LogP contribution < -0.4 is 5.32 Å². The summed E-state index contributed by atoms with van der Waals surface area (Å²) in [6.07, 6.45) is 1.56. The lowest BCUT2D eigenvalue weighted by Crippen LogP contribution is -2.28. The largest absolute Gasteiger partial charge is 0.481 e. The van der Waals surface area contributed by atoms with E-state index in [4.69, 9.17) is 5.11 Å². The lowest BCUT2D eigenvalue weighted by molar-refractivity contribution is -0.137. The number of aromatic nitrogens is 4. The van der Waals surface area contributed by atoms with E-state index in [2.05, 4.69) is 31.4 Å². The second-order valence-corrected chi connectivity index (χ2v) is 5.86. The van der Waals surface area contributed by atoms with Crippen molar-refractivity contribution >= 4 is 27.8 Å². The fourth-order valence-corrected chi connectivity index (χ4v) is 2.36. The molecule has 1 amide bonds. The fourth-order valence-electron chi connectivity index (χ4n) is 2.08. The Balaban J connectivity index is 1.85. The number of aryl methyl sites for hydroxylation is 2. The maximum absolute atomic E-state index is 12.0. The molecular formula is C14H18BrN5O3. The van der Waals surface area contributed by atoms with Gasteiger partial charge >= 0.3 is 5.97 Å². The Labute approximate surface area is 141 Å². The molecule has 0 aliphatic rings. The van der Waals surface area contributed by atoms with Crippen molar-refractivity contribution in [2.45, 2.75) is 33.4 Å². The first kappa shape index (κ1) is 17.2. The molecular weight excluding hydrogens is 366 g/mol. The lowest BCUT2D eigenvalue weighted by atomic mass is 10.4. The van der Waals surface area contributed by atoms with Gasteiger partial charge in [-0.3, -0.25) is 19.0 Å². The van der Waals surface area contributed by atoms with Gasteiger partial charge in [-0.25, -0.2) is 0 Å². The molecule has 0 atom stereocenters. The summed E-state index contributed by atoms with van der Waals surface area (Å²) < 4.78 is 4.24. The fraction of sp³-hybridized carbons (Fsp3) is 0.429. The van der Waals surface area contributed by atoms with Gasteiger partial charge in [-0.1, -0.05) is 0 Å². The van der Waals surface area contributed by atoms with E-state index < -0.39 is 5.97 Å². The Hall–Kier alpha value is -2.16. The van der Waals surface area contributed by atoms with E-state index >= 15 is 0 Å². The van der Waals surface area contributed by atoms with Gasteiger partial charge in [-0.2, -0.15) is 10.2 Å². The highest BCUT2D eigenvalue weighted by Crippen LogP contribution is 2.19. The number of carboxylic acids is 1. The number of carboxylic acid groups (broad SMARTS) is 1. The molecule has 8 nitrogen and oxygen atoms in total. The van der Waals surface area contributed by atoms with E-state index in [9.17, 15) is 9.59 Å². The molecule has 9 heteroatoms. The van der Waals surface area contributed by atoms with Crippen molar-refractivity contribution < 1.29 is 14.7 Å². The first-order valence-electron chi connectivity index (χ1n) is 7.11. The quantitative estimate of drug-likeness (QED) is 0.751. The third-order valence-electron chi connectivity index (χ3n) is 3.33. The molecule has 2 rings (SSSR count). The summed E-state index contributed by atoms with van der Waals surface area (Å²) in [6.45, 7) is 5.09. The van der Waals surface area contributed by atoms with Gasteiger partial charge in [0, 0.05) is 18.4 Å². The third kappa shape index (κ3) is 4.41. The number of aliphatic carboxylic acids is 1. The van der Waals surface area contributed by atoms with Crippen molar-refractivity contribution in [2.24, 2.45) is 0 Å². The Morgan fingerprint density at radius 1 is 1.30 bits per heavy atom. The van der Waals surface area contributed by atoms with Gasteiger partial charge in [-0.15, -0.1) is 0 Å². The molecule has 0 saturated heterocycles. The molecule has 0 aliphatic heterocycles. The van der Waals surface area contributed by atoms with Crippen molar-refractivity contribution in [3.8, 4) is 0 Å². The second-order valence-electron chi connectivity index (χ2n) is 5.07. The van der Waals surface area contributed by atoms with Crippen LogP contribution in [0.5, 0.6) is 0 Å². The molecule has 124 valence electrons. The normalized spacial score (nSPS) is 10.7. The van der Waals surface area contributed by atoms with Crippen molar-refractivity contribution in [3.05, 3.63) is 33.8 Å². The summed E-state index contributed by atoms with van der Waals surface area (Å²) >= 11 is 3.46. The average Bonchev–Trinajstić information content (AvgIpc) is 3.07. The van der Waals surface area contributed by atoms with Gasteiger partial charge in [0.1, 0.15) is 5.69 Å². The van der Waals surface area contributed by atoms with E-state index in [1.807, 2.05) is 18.5 Å². The molecule has 0 radical (unpaired) electrons. The molecule has 0 fully saturated rings. The van der Waals surface area contributed by atoms with Crippen molar-refractivity contribution in [1.82, 2.24) is 24.9 Å². The van der Waals surface area contributed by atoms with Gasteiger partial charge < -0.3 is 10.4 Å². The van der Waals surface area contributed by atoms with Crippen LogP contribution in [-0.2, 0) is 17.9 Å². The first-order chi connectivity index (χ1) is 10.9. The molecule has 0 aliphatic carbocycles. The smallest absolute Gasteiger partial charge is 0.305 e. The lowest BCUT2D eigenvalue weighted by Gasteiger charge is -2.06. The maximum atomic E-state index is 12.0. The van der Waals surface area contributed by atoms with Crippen molar-refractivity contribution in [1.29, 1.82) is 0 Å². The molecule has 0 bridgehead atoms. The molecule has 0 saturated carbocycles. The Morgan fingerprint density at radius 2 is 2.04 bits per heavy atom. The number of hydrogen-bond donors (Lipinski definition) is 2. The van der Waals surface area contributed by atoms with Crippen LogP contribution in [0.1, 0.15) is 28.3 Å². The van der Waals surface area contributed by atoms with Gasteiger partial charge in [0.05, 0.1) is 29.7 Å². The molecule has 0 spiro atoms. The standard InChI is InChI=1S/C14H18BrN5O3/c1-9-13(15)10(2)20(17-9)8-5-16-14(23)11-3-6-19(18-11)7-4-12(21)22/h3,6H,4-5,7-8H2,1-2H3,(H,16,23)(H,21,22). The van der Waals surface area contributed by atoms with Gasteiger partial charge in [0.25, 0.3) is 5.91 Å². The zero-order chi connectivity index (χ0) is 17.0. The zero-order valence-electron chi connectivity index (χ0n) is 12.9.